The Hall–Kier alpha value is -2.65. The summed E-state index contributed by atoms with van der Waals surface area (Å²) in [4.78, 5) is 64.8. The predicted molar refractivity (Wildman–Crippen MR) is 219 cm³/mol. The molecule has 0 aromatic rings. The summed E-state index contributed by atoms with van der Waals surface area (Å²) < 4.78 is 0. The summed E-state index contributed by atoms with van der Waals surface area (Å²) in [6.45, 7) is 18.3. The molecule has 0 aromatic heterocycles. The minimum Gasteiger partial charge on any atom is -0.356 e. The molecular formula is C43H83N5O5. The third-order valence-electron chi connectivity index (χ3n) is 9.88. The van der Waals surface area contributed by atoms with Crippen LogP contribution in [0.4, 0.5) is 0 Å². The van der Waals surface area contributed by atoms with Crippen LogP contribution in [0, 0.1) is 17.8 Å². The lowest BCUT2D eigenvalue weighted by atomic mass is 9.98. The molecule has 5 amide bonds. The second kappa shape index (κ2) is 32.8. The second-order valence-corrected chi connectivity index (χ2v) is 16.5. The molecule has 0 aliphatic rings. The molecule has 0 saturated heterocycles. The van der Waals surface area contributed by atoms with Crippen molar-refractivity contribution in [3.63, 3.8) is 0 Å². The minimum absolute atomic E-state index is 0.0249. The van der Waals surface area contributed by atoms with Gasteiger partial charge in [-0.25, -0.2) is 0 Å². The number of unbranched alkanes of at least 4 members (excludes halogenated alkanes) is 5. The van der Waals surface area contributed by atoms with Crippen LogP contribution in [0.1, 0.15) is 197 Å². The first-order chi connectivity index (χ1) is 25.3. The van der Waals surface area contributed by atoms with Crippen LogP contribution in [0.15, 0.2) is 0 Å². The molecule has 0 aromatic carbocycles. The van der Waals surface area contributed by atoms with Crippen molar-refractivity contribution >= 4 is 29.5 Å². The van der Waals surface area contributed by atoms with E-state index in [0.29, 0.717) is 88.6 Å². The Balaban J connectivity index is 5.24. The number of amides is 5. The third-order valence-corrected chi connectivity index (χ3v) is 9.88. The topological polar surface area (TPSA) is 146 Å². The van der Waals surface area contributed by atoms with Crippen LogP contribution in [0.5, 0.6) is 0 Å². The summed E-state index contributed by atoms with van der Waals surface area (Å²) in [6.07, 6.45) is 18.1. The molecule has 10 heteroatoms. The van der Waals surface area contributed by atoms with Gasteiger partial charge in [-0.05, 0) is 88.9 Å². The lowest BCUT2D eigenvalue weighted by molar-refractivity contribution is -0.132. The summed E-state index contributed by atoms with van der Waals surface area (Å²) >= 11 is 0. The first-order valence-corrected chi connectivity index (χ1v) is 21.7. The highest BCUT2D eigenvalue weighted by Gasteiger charge is 2.27. The van der Waals surface area contributed by atoms with Crippen molar-refractivity contribution in [1.82, 2.24) is 26.6 Å². The second-order valence-electron chi connectivity index (χ2n) is 16.5. The van der Waals surface area contributed by atoms with Crippen LogP contribution in [-0.2, 0) is 24.0 Å². The molecule has 0 heterocycles. The van der Waals surface area contributed by atoms with E-state index in [2.05, 4.69) is 75.1 Å². The molecule has 4 atom stereocenters. The molecule has 53 heavy (non-hydrogen) atoms. The van der Waals surface area contributed by atoms with Gasteiger partial charge in [-0.1, -0.05) is 106 Å². The normalized spacial score (nSPS) is 13.6. The summed E-state index contributed by atoms with van der Waals surface area (Å²) in [7, 11) is 0. The number of carbonyl (C=O) groups excluding carboxylic acids is 5. The van der Waals surface area contributed by atoms with Gasteiger partial charge in [-0.15, -0.1) is 0 Å². The van der Waals surface area contributed by atoms with Gasteiger partial charge in [0.25, 0.3) is 0 Å². The van der Waals surface area contributed by atoms with E-state index in [4.69, 9.17) is 0 Å². The number of hydrogen-bond acceptors (Lipinski definition) is 5. The van der Waals surface area contributed by atoms with Gasteiger partial charge < -0.3 is 26.6 Å². The van der Waals surface area contributed by atoms with Crippen molar-refractivity contribution in [3.05, 3.63) is 0 Å². The average Bonchev–Trinajstić information content (AvgIpc) is 3.09. The zero-order valence-electron chi connectivity index (χ0n) is 35.5. The van der Waals surface area contributed by atoms with Crippen LogP contribution >= 0.6 is 0 Å². The van der Waals surface area contributed by atoms with Crippen LogP contribution in [-0.4, -0.2) is 60.8 Å². The average molecular weight is 750 g/mol. The highest BCUT2D eigenvalue weighted by atomic mass is 16.2. The Labute approximate surface area is 325 Å². The quantitative estimate of drug-likeness (QED) is 0.0421. The molecule has 10 nitrogen and oxygen atoms in total. The number of carbonyl (C=O) groups is 5. The maximum absolute atomic E-state index is 13.7. The van der Waals surface area contributed by atoms with Crippen molar-refractivity contribution in [3.8, 4) is 0 Å². The van der Waals surface area contributed by atoms with E-state index in [1.54, 1.807) is 0 Å². The Morgan fingerprint density at radius 3 is 1.30 bits per heavy atom. The monoisotopic (exact) mass is 750 g/mol. The highest BCUT2D eigenvalue weighted by Crippen LogP contribution is 2.15. The largest absolute Gasteiger partial charge is 0.356 e. The molecule has 0 saturated carbocycles. The molecule has 4 unspecified atom stereocenters. The lowest BCUT2D eigenvalue weighted by Crippen LogP contribution is -2.54. The Kier molecular flexibility index (Phi) is 31.1. The van der Waals surface area contributed by atoms with Crippen molar-refractivity contribution in [2.75, 3.05) is 13.1 Å². The predicted octanol–water partition coefficient (Wildman–Crippen LogP) is 8.26. The molecule has 0 aliphatic carbocycles. The Morgan fingerprint density at radius 1 is 0.415 bits per heavy atom. The van der Waals surface area contributed by atoms with Gasteiger partial charge in [-0.3, -0.25) is 24.0 Å². The van der Waals surface area contributed by atoms with Crippen molar-refractivity contribution in [2.45, 2.75) is 215 Å². The molecule has 0 radical (unpaired) electrons. The van der Waals surface area contributed by atoms with E-state index in [9.17, 15) is 24.0 Å². The van der Waals surface area contributed by atoms with Gasteiger partial charge in [0, 0.05) is 38.4 Å². The first-order valence-electron chi connectivity index (χ1n) is 21.7. The molecular weight excluding hydrogens is 667 g/mol. The van der Waals surface area contributed by atoms with Crippen LogP contribution in [0.2, 0.25) is 0 Å². The van der Waals surface area contributed by atoms with Gasteiger partial charge >= 0.3 is 0 Å². The lowest BCUT2D eigenvalue weighted by Gasteiger charge is -2.25. The fraction of sp³-hybridized carbons (Fsp3) is 0.884. The number of hydrogen-bond donors (Lipinski definition) is 5. The van der Waals surface area contributed by atoms with E-state index in [1.807, 2.05) is 6.92 Å². The number of rotatable bonds is 34. The van der Waals surface area contributed by atoms with Gasteiger partial charge in [-0.2, -0.15) is 0 Å². The van der Waals surface area contributed by atoms with E-state index in [0.717, 1.165) is 70.6 Å². The Bertz CT molecular complexity index is 988. The van der Waals surface area contributed by atoms with E-state index in [1.165, 1.54) is 12.8 Å². The van der Waals surface area contributed by atoms with Gasteiger partial charge in [0.05, 0.1) is 0 Å². The van der Waals surface area contributed by atoms with E-state index < -0.39 is 12.1 Å². The van der Waals surface area contributed by atoms with Gasteiger partial charge in [0.1, 0.15) is 12.1 Å². The van der Waals surface area contributed by atoms with E-state index >= 15 is 0 Å². The molecule has 0 fully saturated rings. The summed E-state index contributed by atoms with van der Waals surface area (Å²) in [5.41, 5.74) is 0. The molecule has 0 bridgehead atoms. The van der Waals surface area contributed by atoms with Crippen LogP contribution in [0.3, 0.4) is 0 Å². The Morgan fingerprint density at radius 2 is 0.830 bits per heavy atom. The maximum Gasteiger partial charge on any atom is 0.243 e. The molecule has 0 aliphatic heterocycles. The number of nitrogens with one attached hydrogen (secondary N) is 5. The summed E-state index contributed by atoms with van der Waals surface area (Å²) in [5, 5.41) is 15.0. The first kappa shape index (κ1) is 50.4. The van der Waals surface area contributed by atoms with Gasteiger partial charge in [0.2, 0.25) is 29.5 Å². The summed E-state index contributed by atoms with van der Waals surface area (Å²) in [5.74, 6) is 1.29. The maximum atomic E-state index is 13.7. The highest BCUT2D eigenvalue weighted by molar-refractivity contribution is 5.92. The van der Waals surface area contributed by atoms with Crippen molar-refractivity contribution in [1.29, 1.82) is 0 Å². The fourth-order valence-corrected chi connectivity index (χ4v) is 6.60. The SMILES string of the molecule is CCCC(C)CCCCC(=O)NCCCCC(NC(=O)CCCCC(C)C)C(=O)NC(CCCCNC(=O)CCCCC(C)C)C(=O)NC(C)CCC. The molecule has 310 valence electrons. The minimum atomic E-state index is -0.772. The van der Waals surface area contributed by atoms with Gasteiger partial charge in [0.15, 0.2) is 0 Å². The molecule has 5 N–H and O–H groups in total. The molecule has 0 rings (SSSR count). The van der Waals surface area contributed by atoms with Crippen molar-refractivity contribution in [2.24, 2.45) is 17.8 Å². The smallest absolute Gasteiger partial charge is 0.243 e. The zero-order valence-corrected chi connectivity index (χ0v) is 35.5. The fourth-order valence-electron chi connectivity index (χ4n) is 6.60. The van der Waals surface area contributed by atoms with Crippen molar-refractivity contribution < 1.29 is 24.0 Å². The molecule has 0 spiro atoms. The third kappa shape index (κ3) is 30.4. The zero-order chi connectivity index (χ0) is 39.9. The summed E-state index contributed by atoms with van der Waals surface area (Å²) in [6, 6.07) is -1.54. The van der Waals surface area contributed by atoms with Crippen LogP contribution < -0.4 is 26.6 Å². The van der Waals surface area contributed by atoms with Crippen LogP contribution in [0.25, 0.3) is 0 Å². The van der Waals surface area contributed by atoms with E-state index in [-0.39, 0.29) is 35.6 Å². The standard InChI is InChI=1S/C43H83N5O5/c1-9-21-35(7)25-13-16-29-40(50)45-31-19-17-26-37(47-41(51)30-15-12-24-34(5)6)43(53)48-38(42(52)46-36(8)22-10-2)27-18-20-32-44-39(49)28-14-11-23-33(3)4/h33-38H,9-32H2,1-8H3,(H,44,49)(H,45,50)(H,46,52)(H,47,51)(H,48,53).